The zero-order valence-electron chi connectivity index (χ0n) is 18.2. The van der Waals surface area contributed by atoms with Crippen LogP contribution < -0.4 is 5.32 Å². The van der Waals surface area contributed by atoms with Gasteiger partial charge < -0.3 is 19.7 Å². The molecule has 0 radical (unpaired) electrons. The fourth-order valence-electron chi connectivity index (χ4n) is 4.04. The second kappa shape index (κ2) is 12.1. The van der Waals surface area contributed by atoms with Gasteiger partial charge in [-0.25, -0.2) is 0 Å². The van der Waals surface area contributed by atoms with Gasteiger partial charge in [-0.2, -0.15) is 5.10 Å². The number of aromatic nitrogens is 2. The summed E-state index contributed by atoms with van der Waals surface area (Å²) in [6.45, 7) is 11.5. The molecule has 29 heavy (non-hydrogen) atoms. The largest absolute Gasteiger partial charge is 0.379 e. The lowest BCUT2D eigenvalue weighted by molar-refractivity contribution is -0.00865. The highest BCUT2D eigenvalue weighted by molar-refractivity contribution is 14.0. The molecule has 2 aliphatic rings. The monoisotopic (exact) mass is 520 g/mol. The molecular formula is C20H37IN6O2. The first-order valence-electron chi connectivity index (χ1n) is 10.4. The highest BCUT2D eigenvalue weighted by Crippen LogP contribution is 2.21. The van der Waals surface area contributed by atoms with Crippen LogP contribution in [0.15, 0.2) is 17.4 Å². The van der Waals surface area contributed by atoms with Gasteiger partial charge in [0.1, 0.15) is 6.10 Å². The van der Waals surface area contributed by atoms with E-state index in [0.29, 0.717) is 18.6 Å². The van der Waals surface area contributed by atoms with Crippen LogP contribution in [0.2, 0.25) is 0 Å². The standard InChI is InChI=1S/C20H36N6O2.HI/c1-16(2)11-18(25-5-8-27-9-6-25)13-22-20(21-3)26-7-10-28-19(15-26)17-12-23-24(4)14-17;/h12,14,16,18-19H,5-11,13,15H2,1-4H3,(H,21,22);1H. The van der Waals surface area contributed by atoms with Crippen LogP contribution in [0.5, 0.6) is 0 Å². The fourth-order valence-corrected chi connectivity index (χ4v) is 4.04. The SMILES string of the molecule is CN=C(NCC(CC(C)C)N1CCOCC1)N1CCOC(c2cnn(C)c2)C1.I. The van der Waals surface area contributed by atoms with Crippen LogP contribution >= 0.6 is 24.0 Å². The Morgan fingerprint density at radius 1 is 1.28 bits per heavy atom. The van der Waals surface area contributed by atoms with E-state index in [1.54, 1.807) is 0 Å². The van der Waals surface area contributed by atoms with Gasteiger partial charge >= 0.3 is 0 Å². The smallest absolute Gasteiger partial charge is 0.193 e. The summed E-state index contributed by atoms with van der Waals surface area (Å²) in [6.07, 6.45) is 5.13. The summed E-state index contributed by atoms with van der Waals surface area (Å²) in [7, 11) is 3.80. The van der Waals surface area contributed by atoms with Crippen molar-refractivity contribution in [2.45, 2.75) is 32.4 Å². The maximum Gasteiger partial charge on any atom is 0.193 e. The van der Waals surface area contributed by atoms with E-state index in [1.165, 1.54) is 6.42 Å². The summed E-state index contributed by atoms with van der Waals surface area (Å²) in [5.41, 5.74) is 1.12. The molecule has 0 amide bonds. The Labute approximate surface area is 192 Å². The molecule has 1 aromatic heterocycles. The van der Waals surface area contributed by atoms with Crippen molar-refractivity contribution in [2.24, 2.45) is 18.0 Å². The van der Waals surface area contributed by atoms with E-state index in [1.807, 2.05) is 31.2 Å². The molecule has 166 valence electrons. The van der Waals surface area contributed by atoms with Crippen LogP contribution in [0.3, 0.4) is 0 Å². The van der Waals surface area contributed by atoms with Gasteiger partial charge in [0, 0.05) is 58.1 Å². The van der Waals surface area contributed by atoms with Gasteiger partial charge in [-0.05, 0) is 12.3 Å². The number of aliphatic imine (C=N–C) groups is 1. The highest BCUT2D eigenvalue weighted by Gasteiger charge is 2.27. The summed E-state index contributed by atoms with van der Waals surface area (Å²) in [6, 6.07) is 0.496. The lowest BCUT2D eigenvalue weighted by atomic mass is 10.0. The van der Waals surface area contributed by atoms with Gasteiger partial charge in [-0.3, -0.25) is 14.6 Å². The average molecular weight is 520 g/mol. The Bertz CT molecular complexity index is 632. The highest BCUT2D eigenvalue weighted by atomic mass is 127. The van der Waals surface area contributed by atoms with Crippen LogP contribution in [0.4, 0.5) is 0 Å². The minimum Gasteiger partial charge on any atom is -0.379 e. The van der Waals surface area contributed by atoms with Gasteiger partial charge in [-0.15, -0.1) is 24.0 Å². The van der Waals surface area contributed by atoms with Gasteiger partial charge in [-0.1, -0.05) is 13.8 Å². The van der Waals surface area contributed by atoms with E-state index in [-0.39, 0.29) is 30.1 Å². The molecule has 1 aromatic rings. The van der Waals surface area contributed by atoms with Gasteiger partial charge in [0.05, 0.1) is 32.6 Å². The van der Waals surface area contributed by atoms with Crippen LogP contribution in [0.1, 0.15) is 31.9 Å². The zero-order chi connectivity index (χ0) is 19.9. The Hall–Kier alpha value is -0.910. The Balaban J connectivity index is 0.00000300. The molecule has 3 rings (SSSR count). The molecule has 9 heteroatoms. The molecule has 8 nitrogen and oxygen atoms in total. The van der Waals surface area contributed by atoms with E-state index in [9.17, 15) is 0 Å². The number of hydrogen-bond donors (Lipinski definition) is 1. The van der Waals surface area contributed by atoms with Crippen LogP contribution in [-0.2, 0) is 16.5 Å². The Morgan fingerprint density at radius 2 is 2.03 bits per heavy atom. The summed E-state index contributed by atoms with van der Waals surface area (Å²) in [4.78, 5) is 9.41. The second-order valence-electron chi connectivity index (χ2n) is 8.11. The molecule has 0 bridgehead atoms. The van der Waals surface area contributed by atoms with Crippen LogP contribution in [-0.4, -0.2) is 91.2 Å². The first kappa shape index (κ1) is 24.4. The van der Waals surface area contributed by atoms with Crippen LogP contribution in [0, 0.1) is 5.92 Å². The lowest BCUT2D eigenvalue weighted by Crippen LogP contribution is -2.53. The van der Waals surface area contributed by atoms with Gasteiger partial charge in [0.2, 0.25) is 0 Å². The maximum atomic E-state index is 5.98. The minimum absolute atomic E-state index is 0. The quantitative estimate of drug-likeness (QED) is 0.350. The number of hydrogen-bond acceptors (Lipinski definition) is 5. The molecule has 0 saturated carbocycles. The first-order chi connectivity index (χ1) is 13.6. The number of nitrogens with one attached hydrogen (secondary N) is 1. The normalized spacial score (nSPS) is 22.4. The summed E-state index contributed by atoms with van der Waals surface area (Å²) in [5.74, 6) is 1.62. The van der Waals surface area contributed by atoms with Crippen LogP contribution in [0.25, 0.3) is 0 Å². The van der Waals surface area contributed by atoms with E-state index < -0.39 is 0 Å². The third-order valence-electron chi connectivity index (χ3n) is 5.48. The van der Waals surface area contributed by atoms with E-state index in [4.69, 9.17) is 9.47 Å². The number of guanidine groups is 1. The zero-order valence-corrected chi connectivity index (χ0v) is 20.5. The molecule has 2 saturated heterocycles. The van der Waals surface area contributed by atoms with Crippen molar-refractivity contribution in [3.05, 3.63) is 18.0 Å². The third-order valence-corrected chi connectivity index (χ3v) is 5.48. The first-order valence-corrected chi connectivity index (χ1v) is 10.4. The molecule has 2 aliphatic heterocycles. The molecule has 2 fully saturated rings. The summed E-state index contributed by atoms with van der Waals surface area (Å²) in [5, 5.41) is 7.91. The maximum absolute atomic E-state index is 5.98. The molecule has 0 aromatic carbocycles. The minimum atomic E-state index is 0. The number of rotatable bonds is 6. The number of aryl methyl sites for hydroxylation is 1. The average Bonchev–Trinajstić information content (AvgIpc) is 3.14. The molecule has 2 atom stereocenters. The van der Waals surface area contributed by atoms with E-state index in [0.717, 1.165) is 57.5 Å². The Morgan fingerprint density at radius 3 is 2.66 bits per heavy atom. The van der Waals surface area contributed by atoms with Crippen molar-refractivity contribution in [1.82, 2.24) is 24.9 Å². The van der Waals surface area contributed by atoms with Gasteiger partial charge in [0.25, 0.3) is 0 Å². The number of nitrogens with zero attached hydrogens (tertiary/aromatic N) is 5. The van der Waals surface area contributed by atoms with Gasteiger partial charge in [0.15, 0.2) is 5.96 Å². The van der Waals surface area contributed by atoms with Crippen molar-refractivity contribution >= 4 is 29.9 Å². The number of halogens is 1. The Kier molecular flexibility index (Phi) is 10.1. The molecular weight excluding hydrogens is 483 g/mol. The van der Waals surface area contributed by atoms with E-state index in [2.05, 4.69) is 39.1 Å². The lowest BCUT2D eigenvalue weighted by Gasteiger charge is -2.38. The molecule has 3 heterocycles. The van der Waals surface area contributed by atoms with E-state index >= 15 is 0 Å². The predicted octanol–water partition coefficient (Wildman–Crippen LogP) is 1.73. The molecule has 0 spiro atoms. The summed E-state index contributed by atoms with van der Waals surface area (Å²) >= 11 is 0. The fraction of sp³-hybridized carbons (Fsp3) is 0.800. The molecule has 0 aliphatic carbocycles. The van der Waals surface area contributed by atoms with Crippen molar-refractivity contribution in [2.75, 3.05) is 59.6 Å². The second-order valence-corrected chi connectivity index (χ2v) is 8.11. The predicted molar refractivity (Wildman–Crippen MR) is 126 cm³/mol. The topological polar surface area (TPSA) is 67.2 Å². The summed E-state index contributed by atoms with van der Waals surface area (Å²) < 4.78 is 13.3. The number of morpholine rings is 2. The van der Waals surface area contributed by atoms with Crippen molar-refractivity contribution in [3.63, 3.8) is 0 Å². The number of ether oxygens (including phenoxy) is 2. The van der Waals surface area contributed by atoms with Crippen molar-refractivity contribution < 1.29 is 9.47 Å². The van der Waals surface area contributed by atoms with Crippen molar-refractivity contribution in [3.8, 4) is 0 Å². The molecule has 1 N–H and O–H groups in total. The third kappa shape index (κ3) is 7.08. The van der Waals surface area contributed by atoms with Crippen molar-refractivity contribution in [1.29, 1.82) is 0 Å². The molecule has 2 unspecified atom stereocenters.